The van der Waals surface area contributed by atoms with E-state index in [0.717, 1.165) is 18.8 Å². The topological polar surface area (TPSA) is 55.1 Å². The molecule has 0 aromatic carbocycles. The van der Waals surface area contributed by atoms with Gasteiger partial charge in [-0.2, -0.15) is 0 Å². The Balaban J connectivity index is 1.84. The van der Waals surface area contributed by atoms with Gasteiger partial charge in [-0.15, -0.1) is 0 Å². The zero-order chi connectivity index (χ0) is 14.0. The van der Waals surface area contributed by atoms with Crippen molar-refractivity contribution in [1.82, 2.24) is 10.5 Å². The van der Waals surface area contributed by atoms with Crippen molar-refractivity contribution in [1.29, 1.82) is 0 Å². The molecule has 19 heavy (non-hydrogen) atoms. The van der Waals surface area contributed by atoms with Crippen molar-refractivity contribution in [3.05, 3.63) is 17.5 Å². The summed E-state index contributed by atoms with van der Waals surface area (Å²) in [7, 11) is 0. The van der Waals surface area contributed by atoms with Gasteiger partial charge < -0.3 is 9.84 Å². The number of amides is 1. The zero-order valence-corrected chi connectivity index (χ0v) is 12.3. The molecule has 1 N–H and O–H groups in total. The van der Waals surface area contributed by atoms with Crippen LogP contribution in [0.1, 0.15) is 62.7 Å². The van der Waals surface area contributed by atoms with Crippen LogP contribution in [0.25, 0.3) is 0 Å². The molecule has 2 rings (SSSR count). The molecule has 0 unspecified atom stereocenters. The molecule has 1 aliphatic carbocycles. The predicted octanol–water partition coefficient (Wildman–Crippen LogP) is 3.32. The van der Waals surface area contributed by atoms with Crippen LogP contribution in [0.4, 0.5) is 0 Å². The molecular weight excluding hydrogens is 240 g/mol. The summed E-state index contributed by atoms with van der Waals surface area (Å²) in [5.74, 6) is 1.31. The molecule has 0 bridgehead atoms. The average Bonchev–Trinajstić information content (AvgIpc) is 2.75. The van der Waals surface area contributed by atoms with Gasteiger partial charge in [0.05, 0.1) is 0 Å². The molecule has 0 spiro atoms. The van der Waals surface area contributed by atoms with E-state index in [-0.39, 0.29) is 11.9 Å². The van der Waals surface area contributed by atoms with Crippen molar-refractivity contribution >= 4 is 5.91 Å². The van der Waals surface area contributed by atoms with E-state index in [1.807, 2.05) is 0 Å². The van der Waals surface area contributed by atoms with Gasteiger partial charge >= 0.3 is 0 Å². The third-order valence-electron chi connectivity index (χ3n) is 4.15. The number of aromatic nitrogens is 1. The maximum absolute atomic E-state index is 12.0. The molecule has 1 aliphatic rings. The first kappa shape index (κ1) is 14.1. The first-order valence-corrected chi connectivity index (χ1v) is 7.10. The molecule has 1 aromatic rings. The number of nitrogens with one attached hydrogen (secondary N) is 1. The summed E-state index contributed by atoms with van der Waals surface area (Å²) in [5.41, 5.74) is 0.758. The second-order valence-corrected chi connectivity index (χ2v) is 6.71. The molecule has 0 saturated heterocycles. The number of aryl methyl sites for hydroxylation is 1. The monoisotopic (exact) mass is 264 g/mol. The molecule has 0 aliphatic heterocycles. The number of hydrogen-bond acceptors (Lipinski definition) is 3. The van der Waals surface area contributed by atoms with Crippen LogP contribution in [0.2, 0.25) is 0 Å². The summed E-state index contributed by atoms with van der Waals surface area (Å²) in [6, 6.07) is 1.96. The van der Waals surface area contributed by atoms with Gasteiger partial charge in [0.15, 0.2) is 5.69 Å². The standard InChI is InChI=1S/C15H24N2O2/c1-10-9-13(17-19-10)14(18)16-12-7-5-11(6-8-12)15(2,3)4/h9,11-12H,5-8H2,1-4H3,(H,16,18). The van der Waals surface area contributed by atoms with Crippen LogP contribution in [-0.2, 0) is 0 Å². The lowest BCUT2D eigenvalue weighted by atomic mass is 9.71. The van der Waals surface area contributed by atoms with Gasteiger partial charge in [0.2, 0.25) is 0 Å². The summed E-state index contributed by atoms with van der Waals surface area (Å²) in [4.78, 5) is 12.0. The van der Waals surface area contributed by atoms with Crippen molar-refractivity contribution < 1.29 is 9.32 Å². The molecule has 1 amide bonds. The Bertz CT molecular complexity index is 437. The predicted molar refractivity (Wildman–Crippen MR) is 73.9 cm³/mol. The van der Waals surface area contributed by atoms with Crippen molar-refractivity contribution in [2.75, 3.05) is 0 Å². The smallest absolute Gasteiger partial charge is 0.273 e. The Kier molecular flexibility index (Phi) is 3.97. The average molecular weight is 264 g/mol. The molecule has 4 nitrogen and oxygen atoms in total. The third kappa shape index (κ3) is 3.58. The fourth-order valence-electron chi connectivity index (χ4n) is 2.84. The normalized spacial score (nSPS) is 24.2. The van der Waals surface area contributed by atoms with Gasteiger partial charge in [-0.1, -0.05) is 25.9 Å². The van der Waals surface area contributed by atoms with Gasteiger partial charge in [0.25, 0.3) is 5.91 Å². The Morgan fingerprint density at radius 2 is 1.95 bits per heavy atom. The molecule has 4 heteroatoms. The van der Waals surface area contributed by atoms with Crippen molar-refractivity contribution in [2.24, 2.45) is 11.3 Å². The van der Waals surface area contributed by atoms with Crippen LogP contribution in [0.3, 0.4) is 0 Å². The van der Waals surface area contributed by atoms with Crippen molar-refractivity contribution in [2.45, 2.75) is 59.4 Å². The van der Waals surface area contributed by atoms with Crippen LogP contribution in [0.15, 0.2) is 10.6 Å². The molecule has 106 valence electrons. The van der Waals surface area contributed by atoms with Gasteiger partial charge in [-0.05, 0) is 43.9 Å². The number of carbonyl (C=O) groups excluding carboxylic acids is 1. The highest BCUT2D eigenvalue weighted by Gasteiger charge is 2.30. The summed E-state index contributed by atoms with van der Waals surface area (Å²) < 4.78 is 4.93. The Morgan fingerprint density at radius 3 is 2.42 bits per heavy atom. The second-order valence-electron chi connectivity index (χ2n) is 6.71. The summed E-state index contributed by atoms with van der Waals surface area (Å²) in [5, 5.41) is 6.81. The molecule has 1 aromatic heterocycles. The largest absolute Gasteiger partial charge is 0.361 e. The minimum atomic E-state index is -0.115. The number of rotatable bonds is 2. The lowest BCUT2D eigenvalue weighted by Crippen LogP contribution is -2.39. The first-order chi connectivity index (χ1) is 8.86. The van der Waals surface area contributed by atoms with Crippen LogP contribution >= 0.6 is 0 Å². The van der Waals surface area contributed by atoms with E-state index in [9.17, 15) is 4.79 Å². The number of hydrogen-bond donors (Lipinski definition) is 1. The van der Waals surface area contributed by atoms with Gasteiger partial charge in [0, 0.05) is 12.1 Å². The van der Waals surface area contributed by atoms with E-state index < -0.39 is 0 Å². The molecular formula is C15H24N2O2. The SMILES string of the molecule is Cc1cc(C(=O)NC2CCC(C(C)(C)C)CC2)no1. The van der Waals surface area contributed by atoms with E-state index >= 15 is 0 Å². The Morgan fingerprint density at radius 1 is 1.32 bits per heavy atom. The quantitative estimate of drug-likeness (QED) is 0.891. The highest BCUT2D eigenvalue weighted by Crippen LogP contribution is 2.37. The fourth-order valence-corrected chi connectivity index (χ4v) is 2.84. The van der Waals surface area contributed by atoms with Crippen LogP contribution in [-0.4, -0.2) is 17.1 Å². The van der Waals surface area contributed by atoms with Gasteiger partial charge in [0.1, 0.15) is 5.76 Å². The van der Waals surface area contributed by atoms with E-state index in [0.29, 0.717) is 16.9 Å². The lowest BCUT2D eigenvalue weighted by molar-refractivity contribution is 0.0895. The van der Waals surface area contributed by atoms with E-state index in [1.54, 1.807) is 13.0 Å². The Labute approximate surface area is 114 Å². The first-order valence-electron chi connectivity index (χ1n) is 7.10. The van der Waals surface area contributed by atoms with Crippen LogP contribution in [0, 0.1) is 18.3 Å². The molecule has 0 atom stereocenters. The van der Waals surface area contributed by atoms with Gasteiger partial charge in [-0.25, -0.2) is 0 Å². The lowest BCUT2D eigenvalue weighted by Gasteiger charge is -2.37. The van der Waals surface area contributed by atoms with E-state index in [1.165, 1.54) is 12.8 Å². The summed E-state index contributed by atoms with van der Waals surface area (Å²) in [6.07, 6.45) is 4.49. The minimum Gasteiger partial charge on any atom is -0.361 e. The maximum Gasteiger partial charge on any atom is 0.273 e. The van der Waals surface area contributed by atoms with E-state index in [2.05, 4.69) is 31.2 Å². The molecule has 1 saturated carbocycles. The molecule has 0 radical (unpaired) electrons. The Hall–Kier alpha value is -1.32. The third-order valence-corrected chi connectivity index (χ3v) is 4.15. The van der Waals surface area contributed by atoms with Crippen molar-refractivity contribution in [3.63, 3.8) is 0 Å². The molecule has 1 heterocycles. The minimum absolute atomic E-state index is 0.115. The van der Waals surface area contributed by atoms with Crippen molar-refractivity contribution in [3.8, 4) is 0 Å². The van der Waals surface area contributed by atoms with Gasteiger partial charge in [-0.3, -0.25) is 4.79 Å². The maximum atomic E-state index is 12.0. The zero-order valence-electron chi connectivity index (χ0n) is 12.3. The highest BCUT2D eigenvalue weighted by molar-refractivity contribution is 5.92. The number of nitrogens with zero attached hydrogens (tertiary/aromatic N) is 1. The number of carbonyl (C=O) groups is 1. The molecule has 1 fully saturated rings. The van der Waals surface area contributed by atoms with Crippen LogP contribution < -0.4 is 5.32 Å². The summed E-state index contributed by atoms with van der Waals surface area (Å²) in [6.45, 7) is 8.69. The van der Waals surface area contributed by atoms with E-state index in [4.69, 9.17) is 4.52 Å². The second kappa shape index (κ2) is 5.35. The summed E-state index contributed by atoms with van der Waals surface area (Å²) >= 11 is 0. The fraction of sp³-hybridized carbons (Fsp3) is 0.733. The van der Waals surface area contributed by atoms with Crippen LogP contribution in [0.5, 0.6) is 0 Å². The highest BCUT2D eigenvalue weighted by atomic mass is 16.5.